The summed E-state index contributed by atoms with van der Waals surface area (Å²) in [5.41, 5.74) is 7.65. The van der Waals surface area contributed by atoms with Crippen molar-refractivity contribution in [3.63, 3.8) is 0 Å². The van der Waals surface area contributed by atoms with Crippen LogP contribution in [0, 0.1) is 0 Å². The first kappa shape index (κ1) is 27.0. The van der Waals surface area contributed by atoms with E-state index in [9.17, 15) is 20.4 Å². The van der Waals surface area contributed by atoms with Crippen LogP contribution in [0.25, 0.3) is 11.6 Å². The molecule has 0 unspecified atom stereocenters. The van der Waals surface area contributed by atoms with Crippen molar-refractivity contribution in [2.45, 2.75) is 95.6 Å². The predicted molar refractivity (Wildman–Crippen MR) is 140 cm³/mol. The minimum absolute atomic E-state index is 0.154. The SMILES string of the molecule is C/C(=C\c1ccc(CO[C@H]2O[C@H](CO)[C@@H](O)[C@H](O)[C@H]2O)cc1)c1ccc2c(c1)C(C)(C)CCC2(C)C. The molecule has 2 aliphatic rings. The molecule has 0 radical (unpaired) electrons. The molecule has 196 valence electrons. The summed E-state index contributed by atoms with van der Waals surface area (Å²) in [6, 6.07) is 14.8. The largest absolute Gasteiger partial charge is 0.394 e. The number of aliphatic hydroxyl groups is 4. The Labute approximate surface area is 214 Å². The van der Waals surface area contributed by atoms with E-state index in [0.29, 0.717) is 0 Å². The van der Waals surface area contributed by atoms with Gasteiger partial charge in [0, 0.05) is 0 Å². The van der Waals surface area contributed by atoms with E-state index in [1.165, 1.54) is 35.1 Å². The highest BCUT2D eigenvalue weighted by Crippen LogP contribution is 2.46. The van der Waals surface area contributed by atoms with Crippen LogP contribution in [-0.4, -0.2) is 57.7 Å². The minimum atomic E-state index is -1.45. The Kier molecular flexibility index (Phi) is 7.77. The average molecular weight is 497 g/mol. The maximum absolute atomic E-state index is 10.1. The fourth-order valence-corrected chi connectivity index (χ4v) is 5.26. The highest BCUT2D eigenvalue weighted by Gasteiger charge is 2.44. The van der Waals surface area contributed by atoms with E-state index in [-0.39, 0.29) is 17.4 Å². The second kappa shape index (κ2) is 10.4. The molecular formula is C30H40O6. The first-order valence-corrected chi connectivity index (χ1v) is 12.8. The molecule has 6 heteroatoms. The van der Waals surface area contributed by atoms with E-state index in [2.05, 4.69) is 58.9 Å². The van der Waals surface area contributed by atoms with Gasteiger partial charge in [-0.05, 0) is 64.0 Å². The summed E-state index contributed by atoms with van der Waals surface area (Å²) in [6.45, 7) is 11.2. The number of aliphatic hydroxyl groups excluding tert-OH is 4. The first-order chi connectivity index (χ1) is 16.9. The van der Waals surface area contributed by atoms with Crippen LogP contribution >= 0.6 is 0 Å². The van der Waals surface area contributed by atoms with Gasteiger partial charge in [0.25, 0.3) is 0 Å². The summed E-state index contributed by atoms with van der Waals surface area (Å²) in [5, 5.41) is 39.3. The zero-order valence-electron chi connectivity index (χ0n) is 21.9. The smallest absolute Gasteiger partial charge is 0.187 e. The number of hydrogen-bond acceptors (Lipinski definition) is 6. The zero-order chi connectivity index (χ0) is 26.3. The third-order valence-corrected chi connectivity index (χ3v) is 7.93. The Bertz CT molecular complexity index is 1090. The second-order valence-corrected chi connectivity index (χ2v) is 11.6. The fourth-order valence-electron chi connectivity index (χ4n) is 5.26. The molecule has 1 heterocycles. The summed E-state index contributed by atoms with van der Waals surface area (Å²) in [6.07, 6.45) is -1.81. The molecule has 4 N–H and O–H groups in total. The molecule has 0 spiro atoms. The summed E-state index contributed by atoms with van der Waals surface area (Å²) in [5.74, 6) is 0. The molecule has 0 aromatic heterocycles. The van der Waals surface area contributed by atoms with E-state index in [1.54, 1.807) is 0 Å². The number of benzene rings is 2. The Balaban J connectivity index is 1.44. The average Bonchev–Trinajstić information content (AvgIpc) is 2.86. The monoisotopic (exact) mass is 496 g/mol. The first-order valence-electron chi connectivity index (χ1n) is 12.8. The van der Waals surface area contributed by atoms with Crippen molar-refractivity contribution in [2.75, 3.05) is 6.61 Å². The molecule has 6 nitrogen and oxygen atoms in total. The van der Waals surface area contributed by atoms with E-state index >= 15 is 0 Å². The maximum Gasteiger partial charge on any atom is 0.187 e. The van der Waals surface area contributed by atoms with Gasteiger partial charge >= 0.3 is 0 Å². The number of allylic oxidation sites excluding steroid dienone is 1. The van der Waals surface area contributed by atoms with Crippen molar-refractivity contribution in [1.29, 1.82) is 0 Å². The van der Waals surface area contributed by atoms with E-state index in [0.717, 1.165) is 11.1 Å². The Morgan fingerprint density at radius 2 is 1.56 bits per heavy atom. The molecule has 36 heavy (non-hydrogen) atoms. The highest BCUT2D eigenvalue weighted by molar-refractivity contribution is 5.80. The molecule has 4 rings (SSSR count). The van der Waals surface area contributed by atoms with Crippen LogP contribution in [0.3, 0.4) is 0 Å². The Morgan fingerprint density at radius 3 is 2.19 bits per heavy atom. The van der Waals surface area contributed by atoms with E-state index in [4.69, 9.17) is 9.47 Å². The maximum atomic E-state index is 10.1. The molecule has 2 aromatic carbocycles. The molecule has 1 saturated heterocycles. The van der Waals surface area contributed by atoms with Crippen molar-refractivity contribution < 1.29 is 29.9 Å². The molecule has 0 bridgehead atoms. The molecule has 1 fully saturated rings. The van der Waals surface area contributed by atoms with E-state index in [1.807, 2.05) is 24.3 Å². The van der Waals surface area contributed by atoms with Crippen LogP contribution in [0.4, 0.5) is 0 Å². The van der Waals surface area contributed by atoms with Crippen LogP contribution in [0.5, 0.6) is 0 Å². The molecule has 1 aliphatic carbocycles. The lowest BCUT2D eigenvalue weighted by Crippen LogP contribution is -2.59. The number of rotatable bonds is 6. The normalized spacial score (nSPS) is 29.6. The number of ether oxygens (including phenoxy) is 2. The van der Waals surface area contributed by atoms with Gasteiger partial charge in [0.05, 0.1) is 13.2 Å². The summed E-state index contributed by atoms with van der Waals surface area (Å²) < 4.78 is 11.0. The van der Waals surface area contributed by atoms with Crippen LogP contribution in [0.15, 0.2) is 42.5 Å². The second-order valence-electron chi connectivity index (χ2n) is 11.6. The lowest BCUT2D eigenvalue weighted by Gasteiger charge is -2.42. The fraction of sp³-hybridized carbons (Fsp3) is 0.533. The Morgan fingerprint density at radius 1 is 0.917 bits per heavy atom. The molecule has 0 saturated carbocycles. The highest BCUT2D eigenvalue weighted by atomic mass is 16.7. The van der Waals surface area contributed by atoms with Crippen molar-refractivity contribution in [2.24, 2.45) is 0 Å². The van der Waals surface area contributed by atoms with Crippen LogP contribution in [-0.2, 0) is 26.9 Å². The van der Waals surface area contributed by atoms with Crippen molar-refractivity contribution >= 4 is 11.6 Å². The predicted octanol–water partition coefficient (Wildman–Crippen LogP) is 3.91. The van der Waals surface area contributed by atoms with Gasteiger partial charge in [-0.3, -0.25) is 0 Å². The van der Waals surface area contributed by atoms with Gasteiger partial charge in [-0.25, -0.2) is 0 Å². The molecular weight excluding hydrogens is 456 g/mol. The van der Waals surface area contributed by atoms with E-state index < -0.39 is 37.3 Å². The summed E-state index contributed by atoms with van der Waals surface area (Å²) in [4.78, 5) is 0. The van der Waals surface area contributed by atoms with Gasteiger partial charge in [0.2, 0.25) is 0 Å². The van der Waals surface area contributed by atoms with Crippen molar-refractivity contribution in [3.05, 3.63) is 70.3 Å². The van der Waals surface area contributed by atoms with Gasteiger partial charge in [-0.15, -0.1) is 0 Å². The number of hydrogen-bond donors (Lipinski definition) is 4. The summed E-state index contributed by atoms with van der Waals surface area (Å²) >= 11 is 0. The van der Waals surface area contributed by atoms with Gasteiger partial charge in [-0.2, -0.15) is 0 Å². The standard InChI is InChI=1S/C30H40O6/c1-18(21-10-11-22-23(15-21)30(4,5)13-12-29(22,2)3)14-19-6-8-20(9-7-19)17-35-28-27(34)26(33)25(32)24(16-31)36-28/h6-11,14-15,24-28,31-34H,12-13,16-17H2,1-5H3/b18-14+/t24-,25-,26+,27-,28+/m1/s1. The van der Waals surface area contributed by atoms with Gasteiger partial charge in [0.15, 0.2) is 6.29 Å². The molecule has 1 aliphatic heterocycles. The third-order valence-electron chi connectivity index (χ3n) is 7.93. The van der Waals surface area contributed by atoms with Gasteiger partial charge < -0.3 is 29.9 Å². The van der Waals surface area contributed by atoms with Crippen molar-refractivity contribution in [3.8, 4) is 0 Å². The molecule has 5 atom stereocenters. The molecule has 2 aromatic rings. The Hall–Kier alpha value is -2.06. The zero-order valence-corrected chi connectivity index (χ0v) is 21.9. The summed E-state index contributed by atoms with van der Waals surface area (Å²) in [7, 11) is 0. The topological polar surface area (TPSA) is 99.4 Å². The number of fused-ring (bicyclic) bond motifs is 1. The third kappa shape index (κ3) is 5.44. The lowest BCUT2D eigenvalue weighted by atomic mass is 9.63. The van der Waals surface area contributed by atoms with Gasteiger partial charge in [0.1, 0.15) is 24.4 Å². The lowest BCUT2D eigenvalue weighted by molar-refractivity contribution is -0.304. The van der Waals surface area contributed by atoms with Crippen LogP contribution < -0.4 is 0 Å². The quantitative estimate of drug-likeness (QED) is 0.453. The van der Waals surface area contributed by atoms with Crippen molar-refractivity contribution in [1.82, 2.24) is 0 Å². The van der Waals surface area contributed by atoms with Crippen LogP contribution in [0.1, 0.15) is 75.3 Å². The minimum Gasteiger partial charge on any atom is -0.394 e. The molecule has 0 amide bonds. The van der Waals surface area contributed by atoms with Crippen LogP contribution in [0.2, 0.25) is 0 Å². The van der Waals surface area contributed by atoms with Gasteiger partial charge in [-0.1, -0.05) is 76.2 Å².